The van der Waals surface area contributed by atoms with E-state index in [2.05, 4.69) is 5.32 Å². The highest BCUT2D eigenvalue weighted by Gasteiger charge is 2.41. The minimum atomic E-state index is -4.61. The molecule has 5 heteroatoms. The lowest BCUT2D eigenvalue weighted by Gasteiger charge is -2.28. The lowest BCUT2D eigenvalue weighted by atomic mass is 9.89. The van der Waals surface area contributed by atoms with E-state index in [1.165, 1.54) is 6.07 Å². The average molecular weight is 245 g/mol. The Labute approximate surface area is 97.5 Å². The minimum absolute atomic E-state index is 0.0108. The van der Waals surface area contributed by atoms with Crippen LogP contribution in [0.25, 0.3) is 0 Å². The molecular weight excluding hydrogens is 231 g/mol. The summed E-state index contributed by atoms with van der Waals surface area (Å²) in [6, 6.07) is 4.75. The molecule has 1 heterocycles. The molecule has 2 rings (SSSR count). The SMILES string of the molecule is C[C@@H]1NCCc2c1cccc2[C@H](O)C(F)(F)F. The lowest BCUT2D eigenvalue weighted by Crippen LogP contribution is -2.30. The van der Waals surface area contributed by atoms with Crippen molar-refractivity contribution in [3.8, 4) is 0 Å². The standard InChI is InChI=1S/C12H14F3NO/c1-7-8-3-2-4-10(9(8)5-6-16-7)11(17)12(13,14)15/h2-4,7,11,16-17H,5-6H2,1H3/t7-,11-/m0/s1. The summed E-state index contributed by atoms with van der Waals surface area (Å²) in [5.74, 6) is 0. The van der Waals surface area contributed by atoms with E-state index >= 15 is 0 Å². The summed E-state index contributed by atoms with van der Waals surface area (Å²) in [6.45, 7) is 2.54. The van der Waals surface area contributed by atoms with E-state index in [-0.39, 0.29) is 11.6 Å². The van der Waals surface area contributed by atoms with Crippen LogP contribution >= 0.6 is 0 Å². The fourth-order valence-corrected chi connectivity index (χ4v) is 2.27. The van der Waals surface area contributed by atoms with Gasteiger partial charge in [-0.1, -0.05) is 18.2 Å². The molecule has 0 bridgehead atoms. The summed E-state index contributed by atoms with van der Waals surface area (Å²) in [5, 5.41) is 12.5. The topological polar surface area (TPSA) is 32.3 Å². The Balaban J connectivity index is 2.46. The van der Waals surface area contributed by atoms with Gasteiger partial charge in [-0.3, -0.25) is 0 Å². The van der Waals surface area contributed by atoms with Gasteiger partial charge < -0.3 is 10.4 Å². The normalized spacial score (nSPS) is 22.1. The van der Waals surface area contributed by atoms with Gasteiger partial charge in [0.2, 0.25) is 0 Å². The van der Waals surface area contributed by atoms with Crippen LogP contribution in [0.15, 0.2) is 18.2 Å². The first kappa shape index (κ1) is 12.4. The number of alkyl halides is 3. The van der Waals surface area contributed by atoms with Crippen molar-refractivity contribution in [1.82, 2.24) is 5.32 Å². The molecule has 0 saturated heterocycles. The first-order valence-corrected chi connectivity index (χ1v) is 5.51. The second-order valence-electron chi connectivity index (χ2n) is 4.28. The summed E-state index contributed by atoms with van der Waals surface area (Å²) >= 11 is 0. The molecule has 2 atom stereocenters. The van der Waals surface area contributed by atoms with Gasteiger partial charge in [-0.05, 0) is 36.6 Å². The summed E-state index contributed by atoms with van der Waals surface area (Å²) in [5.41, 5.74) is 1.46. The van der Waals surface area contributed by atoms with Crippen LogP contribution in [0.1, 0.15) is 35.8 Å². The zero-order chi connectivity index (χ0) is 12.6. The van der Waals surface area contributed by atoms with Crippen molar-refractivity contribution in [3.05, 3.63) is 34.9 Å². The predicted molar refractivity (Wildman–Crippen MR) is 57.6 cm³/mol. The van der Waals surface area contributed by atoms with Crippen molar-refractivity contribution >= 4 is 0 Å². The van der Waals surface area contributed by atoms with Crippen LogP contribution in [-0.4, -0.2) is 17.8 Å². The summed E-state index contributed by atoms with van der Waals surface area (Å²) < 4.78 is 37.6. The van der Waals surface area contributed by atoms with Gasteiger partial charge in [0.25, 0.3) is 0 Å². The summed E-state index contributed by atoms with van der Waals surface area (Å²) in [7, 11) is 0. The molecular formula is C12H14F3NO. The monoisotopic (exact) mass is 245 g/mol. The molecule has 2 N–H and O–H groups in total. The number of rotatable bonds is 1. The van der Waals surface area contributed by atoms with E-state index in [0.717, 1.165) is 5.56 Å². The van der Waals surface area contributed by atoms with Gasteiger partial charge in [-0.2, -0.15) is 13.2 Å². The van der Waals surface area contributed by atoms with E-state index in [0.29, 0.717) is 18.5 Å². The maximum absolute atomic E-state index is 12.5. The molecule has 0 spiro atoms. The molecule has 1 aromatic carbocycles. The maximum atomic E-state index is 12.5. The smallest absolute Gasteiger partial charge is 0.379 e. The molecule has 0 radical (unpaired) electrons. The largest absolute Gasteiger partial charge is 0.418 e. The molecule has 0 fully saturated rings. The average Bonchev–Trinajstić information content (AvgIpc) is 2.27. The van der Waals surface area contributed by atoms with Gasteiger partial charge in [0.1, 0.15) is 0 Å². The zero-order valence-corrected chi connectivity index (χ0v) is 9.38. The second kappa shape index (κ2) is 4.31. The third kappa shape index (κ3) is 2.30. The van der Waals surface area contributed by atoms with Gasteiger partial charge in [0.05, 0.1) is 0 Å². The zero-order valence-electron chi connectivity index (χ0n) is 9.38. The lowest BCUT2D eigenvalue weighted by molar-refractivity contribution is -0.207. The van der Waals surface area contributed by atoms with Crippen molar-refractivity contribution < 1.29 is 18.3 Å². The minimum Gasteiger partial charge on any atom is -0.379 e. The molecule has 2 nitrogen and oxygen atoms in total. The Hall–Kier alpha value is -1.07. The van der Waals surface area contributed by atoms with Gasteiger partial charge >= 0.3 is 6.18 Å². The second-order valence-corrected chi connectivity index (χ2v) is 4.28. The maximum Gasteiger partial charge on any atom is 0.418 e. The Morgan fingerprint density at radius 2 is 2.12 bits per heavy atom. The quantitative estimate of drug-likeness (QED) is 0.796. The van der Waals surface area contributed by atoms with E-state index in [1.807, 2.05) is 6.92 Å². The van der Waals surface area contributed by atoms with Crippen molar-refractivity contribution in [1.29, 1.82) is 0 Å². The van der Waals surface area contributed by atoms with Gasteiger partial charge in [0, 0.05) is 6.04 Å². The number of nitrogens with one attached hydrogen (secondary N) is 1. The van der Waals surface area contributed by atoms with E-state index in [1.54, 1.807) is 12.1 Å². The van der Waals surface area contributed by atoms with Crippen molar-refractivity contribution in [2.24, 2.45) is 0 Å². The van der Waals surface area contributed by atoms with Gasteiger partial charge in [-0.25, -0.2) is 0 Å². The Morgan fingerprint density at radius 3 is 2.76 bits per heavy atom. The number of hydrogen-bond acceptors (Lipinski definition) is 2. The summed E-state index contributed by atoms with van der Waals surface area (Å²) in [6.07, 6.45) is -6.48. The highest BCUT2D eigenvalue weighted by Crippen LogP contribution is 2.37. The number of halogens is 3. The molecule has 0 aromatic heterocycles. The third-order valence-corrected chi connectivity index (χ3v) is 3.15. The van der Waals surface area contributed by atoms with E-state index in [4.69, 9.17) is 0 Å². The van der Waals surface area contributed by atoms with Crippen LogP contribution in [0.4, 0.5) is 13.2 Å². The fourth-order valence-electron chi connectivity index (χ4n) is 2.27. The number of aliphatic hydroxyl groups excluding tert-OH is 1. The molecule has 17 heavy (non-hydrogen) atoms. The molecule has 0 saturated carbocycles. The van der Waals surface area contributed by atoms with Crippen LogP contribution < -0.4 is 5.32 Å². The molecule has 1 aliphatic heterocycles. The van der Waals surface area contributed by atoms with Crippen molar-refractivity contribution in [2.45, 2.75) is 31.7 Å². The Kier molecular flexibility index (Phi) is 3.14. The molecule has 94 valence electrons. The number of hydrogen-bond donors (Lipinski definition) is 2. The van der Waals surface area contributed by atoms with Crippen molar-refractivity contribution in [3.63, 3.8) is 0 Å². The van der Waals surface area contributed by atoms with Crippen molar-refractivity contribution in [2.75, 3.05) is 6.54 Å². The molecule has 1 aliphatic rings. The fraction of sp³-hybridized carbons (Fsp3) is 0.500. The van der Waals surface area contributed by atoms with Crippen LogP contribution in [-0.2, 0) is 6.42 Å². The Bertz CT molecular complexity index is 417. The van der Waals surface area contributed by atoms with E-state index < -0.39 is 12.3 Å². The number of fused-ring (bicyclic) bond motifs is 1. The molecule has 1 aromatic rings. The summed E-state index contributed by atoms with van der Waals surface area (Å²) in [4.78, 5) is 0. The number of aliphatic hydroxyl groups is 1. The van der Waals surface area contributed by atoms with Crippen LogP contribution in [0.2, 0.25) is 0 Å². The third-order valence-electron chi connectivity index (χ3n) is 3.15. The highest BCUT2D eigenvalue weighted by molar-refractivity contribution is 5.40. The number of benzene rings is 1. The molecule has 0 unspecified atom stereocenters. The van der Waals surface area contributed by atoms with E-state index in [9.17, 15) is 18.3 Å². The van der Waals surface area contributed by atoms with Crippen LogP contribution in [0.5, 0.6) is 0 Å². The highest BCUT2D eigenvalue weighted by atomic mass is 19.4. The predicted octanol–water partition coefficient (Wildman–Crippen LogP) is 2.49. The first-order valence-electron chi connectivity index (χ1n) is 5.51. The molecule has 0 amide bonds. The first-order chi connectivity index (χ1) is 7.91. The van der Waals surface area contributed by atoms with Gasteiger partial charge in [0.15, 0.2) is 6.10 Å². The molecule has 0 aliphatic carbocycles. The van der Waals surface area contributed by atoms with Gasteiger partial charge in [-0.15, -0.1) is 0 Å². The van der Waals surface area contributed by atoms with Crippen LogP contribution in [0, 0.1) is 0 Å². The Morgan fingerprint density at radius 1 is 1.41 bits per heavy atom. The van der Waals surface area contributed by atoms with Crippen LogP contribution in [0.3, 0.4) is 0 Å².